The largest absolute Gasteiger partial charge is 0.475 e. The topological polar surface area (TPSA) is 81.2 Å². The molecule has 6 nitrogen and oxygen atoms in total. The van der Waals surface area contributed by atoms with Gasteiger partial charge in [0.25, 0.3) is 0 Å². The van der Waals surface area contributed by atoms with E-state index in [4.69, 9.17) is 9.52 Å². The number of rotatable bonds is 4. The Morgan fingerprint density at radius 1 is 1.23 bits per heavy atom. The molecule has 0 saturated carbocycles. The minimum absolute atomic E-state index is 0.0807. The van der Waals surface area contributed by atoms with Crippen molar-refractivity contribution < 1.29 is 14.3 Å². The third kappa shape index (κ3) is 2.63. The molecule has 6 heteroatoms. The van der Waals surface area contributed by atoms with Gasteiger partial charge in [0.05, 0.1) is 11.9 Å². The molecule has 3 aromatic rings. The Labute approximate surface area is 127 Å². The summed E-state index contributed by atoms with van der Waals surface area (Å²) in [7, 11) is 0. The van der Waals surface area contributed by atoms with Crippen LogP contribution in [-0.4, -0.2) is 26.1 Å². The van der Waals surface area contributed by atoms with Gasteiger partial charge in [-0.25, -0.2) is 9.48 Å². The van der Waals surface area contributed by atoms with Crippen LogP contribution in [0.3, 0.4) is 0 Å². The Hall–Kier alpha value is -2.89. The first-order valence-electron chi connectivity index (χ1n) is 6.82. The maximum Gasteiger partial charge on any atom is 0.371 e. The van der Waals surface area contributed by atoms with E-state index in [1.807, 2.05) is 6.07 Å². The number of aromatic nitrogens is 3. The standard InChI is InChI=1S/C16H15N3O3/c1-10-3-4-12(7-11(10)2)14-8-17-18-19(14)9-13-5-6-15(22-13)16(20)21/h3-8H,9H2,1-2H3,(H,20,21). The molecule has 112 valence electrons. The molecule has 3 rings (SSSR count). The van der Waals surface area contributed by atoms with Crippen LogP contribution in [-0.2, 0) is 6.54 Å². The van der Waals surface area contributed by atoms with Gasteiger partial charge in [-0.3, -0.25) is 0 Å². The smallest absolute Gasteiger partial charge is 0.371 e. The Morgan fingerprint density at radius 2 is 2.05 bits per heavy atom. The number of aromatic carboxylic acids is 1. The number of nitrogens with zero attached hydrogens (tertiary/aromatic N) is 3. The van der Waals surface area contributed by atoms with E-state index in [-0.39, 0.29) is 5.76 Å². The summed E-state index contributed by atoms with van der Waals surface area (Å²) in [6, 6.07) is 9.22. The van der Waals surface area contributed by atoms with Gasteiger partial charge in [-0.05, 0) is 43.2 Å². The summed E-state index contributed by atoms with van der Waals surface area (Å²) < 4.78 is 6.95. The highest BCUT2D eigenvalue weighted by Crippen LogP contribution is 2.22. The lowest BCUT2D eigenvalue weighted by Gasteiger charge is -2.07. The van der Waals surface area contributed by atoms with E-state index in [1.54, 1.807) is 16.9 Å². The summed E-state index contributed by atoms with van der Waals surface area (Å²) in [6.07, 6.45) is 1.69. The summed E-state index contributed by atoms with van der Waals surface area (Å²) >= 11 is 0. The fourth-order valence-corrected chi connectivity index (χ4v) is 2.22. The quantitative estimate of drug-likeness (QED) is 0.800. The predicted molar refractivity (Wildman–Crippen MR) is 79.7 cm³/mol. The van der Waals surface area contributed by atoms with Crippen molar-refractivity contribution in [3.63, 3.8) is 0 Å². The van der Waals surface area contributed by atoms with Crippen LogP contribution in [0, 0.1) is 13.8 Å². The lowest BCUT2D eigenvalue weighted by molar-refractivity contribution is 0.0660. The Bertz CT molecular complexity index is 833. The van der Waals surface area contributed by atoms with Gasteiger partial charge in [0, 0.05) is 5.56 Å². The van der Waals surface area contributed by atoms with E-state index < -0.39 is 5.97 Å². The fourth-order valence-electron chi connectivity index (χ4n) is 2.22. The molecule has 0 aliphatic carbocycles. The summed E-state index contributed by atoms with van der Waals surface area (Å²) in [5, 5.41) is 16.9. The zero-order valence-electron chi connectivity index (χ0n) is 12.3. The number of benzene rings is 1. The summed E-state index contributed by atoms with van der Waals surface area (Å²) in [6.45, 7) is 4.44. The zero-order chi connectivity index (χ0) is 15.7. The molecule has 0 unspecified atom stereocenters. The third-order valence-electron chi connectivity index (χ3n) is 3.60. The normalized spacial score (nSPS) is 10.8. The monoisotopic (exact) mass is 297 g/mol. The van der Waals surface area contributed by atoms with Crippen LogP contribution in [0.15, 0.2) is 40.9 Å². The van der Waals surface area contributed by atoms with Gasteiger partial charge in [0.2, 0.25) is 5.76 Å². The molecular formula is C16H15N3O3. The van der Waals surface area contributed by atoms with E-state index >= 15 is 0 Å². The first-order chi connectivity index (χ1) is 10.5. The second kappa shape index (κ2) is 5.48. The zero-order valence-corrected chi connectivity index (χ0v) is 12.3. The molecule has 0 aliphatic rings. The first-order valence-corrected chi connectivity index (χ1v) is 6.82. The number of carboxylic acid groups (broad SMARTS) is 1. The van der Waals surface area contributed by atoms with Crippen LogP contribution >= 0.6 is 0 Å². The first kappa shape index (κ1) is 14.1. The van der Waals surface area contributed by atoms with Crippen LogP contribution in [0.1, 0.15) is 27.4 Å². The van der Waals surface area contributed by atoms with Gasteiger partial charge in [-0.2, -0.15) is 0 Å². The number of furan rings is 1. The maximum atomic E-state index is 10.8. The molecule has 2 heterocycles. The lowest BCUT2D eigenvalue weighted by Crippen LogP contribution is -2.03. The van der Waals surface area contributed by atoms with Crippen LogP contribution in [0.2, 0.25) is 0 Å². The molecule has 2 aromatic heterocycles. The van der Waals surface area contributed by atoms with Crippen molar-refractivity contribution in [2.24, 2.45) is 0 Å². The van der Waals surface area contributed by atoms with Gasteiger partial charge in [-0.1, -0.05) is 17.3 Å². The van der Waals surface area contributed by atoms with Gasteiger partial charge >= 0.3 is 5.97 Å². The molecule has 22 heavy (non-hydrogen) atoms. The summed E-state index contributed by atoms with van der Waals surface area (Å²) in [5.41, 5.74) is 4.28. The van der Waals surface area contributed by atoms with Crippen LogP contribution in [0.5, 0.6) is 0 Å². The Kier molecular flexibility index (Phi) is 3.50. The highest BCUT2D eigenvalue weighted by molar-refractivity contribution is 5.84. The molecule has 0 bridgehead atoms. The van der Waals surface area contributed by atoms with Gasteiger partial charge < -0.3 is 9.52 Å². The molecule has 0 fully saturated rings. The Morgan fingerprint density at radius 3 is 2.73 bits per heavy atom. The molecule has 1 aromatic carbocycles. The SMILES string of the molecule is Cc1ccc(-c2cnnn2Cc2ccc(C(=O)O)o2)cc1C. The molecule has 0 radical (unpaired) electrons. The molecular weight excluding hydrogens is 282 g/mol. The van der Waals surface area contributed by atoms with Crippen molar-refractivity contribution in [2.75, 3.05) is 0 Å². The summed E-state index contributed by atoms with van der Waals surface area (Å²) in [5.74, 6) is -0.643. The van der Waals surface area contributed by atoms with Crippen molar-refractivity contribution in [1.29, 1.82) is 0 Å². The van der Waals surface area contributed by atoms with Crippen molar-refractivity contribution in [3.05, 3.63) is 59.2 Å². The van der Waals surface area contributed by atoms with E-state index in [2.05, 4.69) is 36.3 Å². The van der Waals surface area contributed by atoms with Gasteiger partial charge in [0.15, 0.2) is 0 Å². The second-order valence-corrected chi connectivity index (χ2v) is 5.15. The van der Waals surface area contributed by atoms with Crippen molar-refractivity contribution in [2.45, 2.75) is 20.4 Å². The lowest BCUT2D eigenvalue weighted by atomic mass is 10.0. The molecule has 0 saturated heterocycles. The van der Waals surface area contributed by atoms with Crippen molar-refractivity contribution in [3.8, 4) is 11.3 Å². The van der Waals surface area contributed by atoms with Crippen molar-refractivity contribution in [1.82, 2.24) is 15.0 Å². The molecule has 1 N–H and O–H groups in total. The molecule has 0 aliphatic heterocycles. The van der Waals surface area contributed by atoms with Crippen LogP contribution in [0.25, 0.3) is 11.3 Å². The summed E-state index contributed by atoms with van der Waals surface area (Å²) in [4.78, 5) is 10.8. The molecule has 0 amide bonds. The number of hydrogen-bond acceptors (Lipinski definition) is 4. The number of hydrogen-bond donors (Lipinski definition) is 1. The average molecular weight is 297 g/mol. The second-order valence-electron chi connectivity index (χ2n) is 5.15. The predicted octanol–water partition coefficient (Wildman–Crippen LogP) is 2.90. The van der Waals surface area contributed by atoms with Gasteiger partial charge in [0.1, 0.15) is 12.3 Å². The molecule has 0 spiro atoms. The fraction of sp³-hybridized carbons (Fsp3) is 0.188. The average Bonchev–Trinajstić information content (AvgIpc) is 3.12. The molecule has 0 atom stereocenters. The maximum absolute atomic E-state index is 10.8. The highest BCUT2D eigenvalue weighted by Gasteiger charge is 2.12. The number of carboxylic acids is 1. The highest BCUT2D eigenvalue weighted by atomic mass is 16.4. The van der Waals surface area contributed by atoms with Gasteiger partial charge in [-0.15, -0.1) is 5.10 Å². The van der Waals surface area contributed by atoms with Crippen LogP contribution < -0.4 is 0 Å². The van der Waals surface area contributed by atoms with E-state index in [0.29, 0.717) is 12.3 Å². The van der Waals surface area contributed by atoms with E-state index in [9.17, 15) is 4.79 Å². The Balaban J connectivity index is 1.91. The number of aryl methyl sites for hydroxylation is 2. The van der Waals surface area contributed by atoms with Crippen molar-refractivity contribution >= 4 is 5.97 Å². The van der Waals surface area contributed by atoms with Crippen LogP contribution in [0.4, 0.5) is 0 Å². The van der Waals surface area contributed by atoms with E-state index in [0.717, 1.165) is 11.3 Å². The van der Waals surface area contributed by atoms with E-state index in [1.165, 1.54) is 17.2 Å². The minimum atomic E-state index is -1.08. The third-order valence-corrected chi connectivity index (χ3v) is 3.60. The number of carbonyl (C=O) groups is 1. The minimum Gasteiger partial charge on any atom is -0.475 e.